The quantitative estimate of drug-likeness (QED) is 0.533. The van der Waals surface area contributed by atoms with Crippen molar-refractivity contribution in [2.45, 2.75) is 19.9 Å². The van der Waals surface area contributed by atoms with Gasteiger partial charge in [-0.25, -0.2) is 0 Å². The number of amides is 2. The number of hydrogen-bond acceptors (Lipinski definition) is 5. The average Bonchev–Trinajstić information content (AvgIpc) is 2.89. The smallest absolute Gasteiger partial charge is 0.255 e. The Kier molecular flexibility index (Phi) is 7.55. The van der Waals surface area contributed by atoms with Crippen molar-refractivity contribution in [2.24, 2.45) is 0 Å². The number of hydrogen-bond donors (Lipinski definition) is 2. The van der Waals surface area contributed by atoms with E-state index in [1.165, 1.54) is 0 Å². The van der Waals surface area contributed by atoms with Crippen molar-refractivity contribution in [1.29, 1.82) is 0 Å². The molecule has 2 N–H and O–H groups in total. The van der Waals surface area contributed by atoms with Crippen LogP contribution in [0.4, 0.5) is 17.1 Å². The summed E-state index contributed by atoms with van der Waals surface area (Å²) in [6, 6.07) is 22.6. The molecule has 1 aliphatic heterocycles. The zero-order chi connectivity index (χ0) is 24.8. The Balaban J connectivity index is 1.54. The van der Waals surface area contributed by atoms with Gasteiger partial charge in [-0.1, -0.05) is 30.3 Å². The van der Waals surface area contributed by atoms with E-state index in [0.29, 0.717) is 16.8 Å². The highest BCUT2D eigenvalue weighted by molar-refractivity contribution is 6.06. The Labute approximate surface area is 206 Å². The minimum Gasteiger partial charge on any atom is -0.495 e. The van der Waals surface area contributed by atoms with Gasteiger partial charge >= 0.3 is 0 Å². The van der Waals surface area contributed by atoms with Crippen molar-refractivity contribution in [3.63, 3.8) is 0 Å². The van der Waals surface area contributed by atoms with E-state index >= 15 is 0 Å². The second-order valence-corrected chi connectivity index (χ2v) is 8.83. The van der Waals surface area contributed by atoms with Crippen LogP contribution >= 0.6 is 0 Å². The van der Waals surface area contributed by atoms with Crippen molar-refractivity contribution in [3.8, 4) is 5.75 Å². The third-order valence-electron chi connectivity index (χ3n) is 6.00. The minimum absolute atomic E-state index is 0.000286. The van der Waals surface area contributed by atoms with Gasteiger partial charge in [-0.3, -0.25) is 9.59 Å². The van der Waals surface area contributed by atoms with Crippen LogP contribution in [0.5, 0.6) is 5.75 Å². The molecule has 1 heterocycles. The molecule has 3 aromatic rings. The van der Waals surface area contributed by atoms with E-state index < -0.39 is 0 Å². The molecule has 0 aliphatic carbocycles. The van der Waals surface area contributed by atoms with E-state index in [9.17, 15) is 9.59 Å². The number of ether oxygens (including phenoxy) is 1. The van der Waals surface area contributed by atoms with Gasteiger partial charge in [-0.15, -0.1) is 0 Å². The summed E-state index contributed by atoms with van der Waals surface area (Å²) in [5.41, 5.74) is 3.64. The molecule has 1 saturated heterocycles. The first-order valence-corrected chi connectivity index (χ1v) is 11.9. The molecule has 182 valence electrons. The minimum atomic E-state index is -0.209. The van der Waals surface area contributed by atoms with Gasteiger partial charge in [0, 0.05) is 49.2 Å². The van der Waals surface area contributed by atoms with Gasteiger partial charge in [-0.2, -0.15) is 0 Å². The molecule has 1 aliphatic rings. The normalized spacial score (nSPS) is 13.5. The summed E-state index contributed by atoms with van der Waals surface area (Å²) in [5.74, 6) is 0.494. The second kappa shape index (κ2) is 11.0. The Morgan fingerprint density at radius 2 is 1.43 bits per heavy atom. The monoisotopic (exact) mass is 472 g/mol. The van der Waals surface area contributed by atoms with Crippen LogP contribution in [-0.2, 0) is 0 Å². The van der Waals surface area contributed by atoms with Crippen LogP contribution in [0.2, 0.25) is 0 Å². The molecule has 0 spiro atoms. The average molecular weight is 473 g/mol. The first kappa shape index (κ1) is 24.1. The molecular formula is C28H32N4O3. The lowest BCUT2D eigenvalue weighted by atomic mass is 10.1. The number of nitrogens with zero attached hydrogens (tertiary/aromatic N) is 2. The molecule has 0 aromatic heterocycles. The van der Waals surface area contributed by atoms with Crippen LogP contribution in [0.15, 0.2) is 72.8 Å². The van der Waals surface area contributed by atoms with Gasteiger partial charge in [0.15, 0.2) is 0 Å². The number of carbonyl (C=O) groups is 2. The lowest BCUT2D eigenvalue weighted by Crippen LogP contribution is -2.47. The molecule has 4 rings (SSSR count). The van der Waals surface area contributed by atoms with Crippen molar-refractivity contribution in [1.82, 2.24) is 5.32 Å². The molecule has 0 unspecified atom stereocenters. The molecule has 0 bridgehead atoms. The van der Waals surface area contributed by atoms with Crippen molar-refractivity contribution < 1.29 is 14.3 Å². The maximum atomic E-state index is 13.1. The number of nitrogens with one attached hydrogen (secondary N) is 2. The van der Waals surface area contributed by atoms with Crippen molar-refractivity contribution >= 4 is 28.9 Å². The predicted molar refractivity (Wildman–Crippen MR) is 141 cm³/mol. The highest BCUT2D eigenvalue weighted by atomic mass is 16.5. The summed E-state index contributed by atoms with van der Waals surface area (Å²) in [7, 11) is 1.69. The summed E-state index contributed by atoms with van der Waals surface area (Å²) < 4.78 is 5.53. The van der Waals surface area contributed by atoms with Gasteiger partial charge < -0.3 is 25.2 Å². The summed E-state index contributed by atoms with van der Waals surface area (Å²) in [4.78, 5) is 30.3. The number of anilines is 3. The summed E-state index contributed by atoms with van der Waals surface area (Å²) in [6.45, 7) is 7.00. The van der Waals surface area contributed by atoms with Crippen LogP contribution in [0.3, 0.4) is 0 Å². The number of methoxy groups -OCH3 is 1. The summed E-state index contributed by atoms with van der Waals surface area (Å²) >= 11 is 0. The molecule has 1 fully saturated rings. The van der Waals surface area contributed by atoms with Gasteiger partial charge in [0.05, 0.1) is 18.4 Å². The largest absolute Gasteiger partial charge is 0.495 e. The highest BCUT2D eigenvalue weighted by Gasteiger charge is 2.24. The SMILES string of the molecule is COc1ccccc1N1CCN(c2ccc(NC(=O)c3ccccc3)cc2C(=O)NC(C)C)CC1. The summed E-state index contributed by atoms with van der Waals surface area (Å²) in [5, 5.41) is 5.91. The molecule has 35 heavy (non-hydrogen) atoms. The van der Waals surface area contributed by atoms with Crippen molar-refractivity contribution in [2.75, 3.05) is 48.4 Å². The lowest BCUT2D eigenvalue weighted by molar-refractivity contribution is 0.0942. The first-order chi connectivity index (χ1) is 17.0. The highest BCUT2D eigenvalue weighted by Crippen LogP contribution is 2.31. The van der Waals surface area contributed by atoms with Crippen LogP contribution in [0.25, 0.3) is 0 Å². The van der Waals surface area contributed by atoms with Gasteiger partial charge in [0.2, 0.25) is 0 Å². The molecule has 7 heteroatoms. The van der Waals surface area contributed by atoms with E-state index in [-0.39, 0.29) is 17.9 Å². The van der Waals surface area contributed by atoms with Gasteiger partial charge in [-0.05, 0) is 56.3 Å². The fourth-order valence-electron chi connectivity index (χ4n) is 4.28. The second-order valence-electron chi connectivity index (χ2n) is 8.83. The van der Waals surface area contributed by atoms with Crippen molar-refractivity contribution in [3.05, 3.63) is 83.9 Å². The Morgan fingerprint density at radius 1 is 0.800 bits per heavy atom. The first-order valence-electron chi connectivity index (χ1n) is 11.9. The van der Waals surface area contributed by atoms with E-state index in [4.69, 9.17) is 4.74 Å². The van der Waals surface area contributed by atoms with Crippen LogP contribution in [0.1, 0.15) is 34.6 Å². The Morgan fingerprint density at radius 3 is 2.09 bits per heavy atom. The number of benzene rings is 3. The molecule has 0 atom stereocenters. The zero-order valence-corrected chi connectivity index (χ0v) is 20.5. The van der Waals surface area contributed by atoms with E-state index in [0.717, 1.165) is 43.3 Å². The topological polar surface area (TPSA) is 73.9 Å². The van der Waals surface area contributed by atoms with E-state index in [1.54, 1.807) is 25.3 Å². The Bertz CT molecular complexity index is 1170. The molecule has 7 nitrogen and oxygen atoms in total. The van der Waals surface area contributed by atoms with Crippen LogP contribution in [-0.4, -0.2) is 51.1 Å². The van der Waals surface area contributed by atoms with Gasteiger partial charge in [0.25, 0.3) is 11.8 Å². The lowest BCUT2D eigenvalue weighted by Gasteiger charge is -2.38. The summed E-state index contributed by atoms with van der Waals surface area (Å²) in [6.07, 6.45) is 0. The predicted octanol–water partition coefficient (Wildman–Crippen LogP) is 4.41. The number of rotatable bonds is 7. The molecular weight excluding hydrogens is 440 g/mol. The Hall–Kier alpha value is -4.00. The van der Waals surface area contributed by atoms with Gasteiger partial charge in [0.1, 0.15) is 5.75 Å². The van der Waals surface area contributed by atoms with E-state index in [1.807, 2.05) is 62.4 Å². The number of piperazine rings is 1. The fourth-order valence-corrected chi connectivity index (χ4v) is 4.28. The maximum Gasteiger partial charge on any atom is 0.255 e. The standard InChI is InChI=1S/C28H32N4O3/c1-20(2)29-28(34)23-19-22(30-27(33)21-9-5-4-6-10-21)13-14-24(23)31-15-17-32(18-16-31)25-11-7-8-12-26(25)35-3/h4-14,19-20H,15-18H2,1-3H3,(H,29,34)(H,30,33). The molecule has 0 saturated carbocycles. The molecule has 2 amide bonds. The third kappa shape index (κ3) is 5.74. The number of para-hydroxylation sites is 2. The maximum absolute atomic E-state index is 13.1. The number of carbonyl (C=O) groups excluding carboxylic acids is 2. The fraction of sp³-hybridized carbons (Fsp3) is 0.286. The molecule has 0 radical (unpaired) electrons. The molecule has 3 aromatic carbocycles. The van der Waals surface area contributed by atoms with Crippen LogP contribution in [0, 0.1) is 0 Å². The zero-order valence-electron chi connectivity index (χ0n) is 20.5. The third-order valence-corrected chi connectivity index (χ3v) is 6.00. The van der Waals surface area contributed by atoms with Crippen LogP contribution < -0.4 is 25.2 Å². The van der Waals surface area contributed by atoms with E-state index in [2.05, 4.69) is 26.5 Å².